The van der Waals surface area contributed by atoms with Gasteiger partial charge in [-0.15, -0.1) is 0 Å². The lowest BCUT2D eigenvalue weighted by atomic mass is 9.99. The molecular weight excluding hydrogens is 347 g/mol. The summed E-state index contributed by atoms with van der Waals surface area (Å²) >= 11 is 8.27. The summed E-state index contributed by atoms with van der Waals surface area (Å²) in [6.07, 6.45) is 0. The predicted molar refractivity (Wildman–Crippen MR) is 79.8 cm³/mol. The first-order chi connectivity index (χ1) is 8.20. The van der Waals surface area contributed by atoms with Crippen molar-refractivity contribution < 1.29 is 0 Å². The second-order valence-electron chi connectivity index (χ2n) is 3.71. The second kappa shape index (κ2) is 5.82. The van der Waals surface area contributed by atoms with Crippen molar-refractivity contribution in [3.8, 4) is 0 Å². The fourth-order valence-corrected chi connectivity index (χ4v) is 2.28. The lowest BCUT2D eigenvalue weighted by molar-refractivity contribution is 0.637. The molecule has 2 aromatic carbocycles. The predicted octanol–water partition coefficient (Wildman–Crippen LogP) is 3.50. The first kappa shape index (κ1) is 12.8. The molecule has 0 bridgehead atoms. The van der Waals surface area contributed by atoms with Gasteiger partial charge in [-0.2, -0.15) is 0 Å². The van der Waals surface area contributed by atoms with Gasteiger partial charge in [0.05, 0.1) is 6.04 Å². The standard InChI is InChI=1S/C13H12ClIN2/c14-11-3-1-2-10(8-11)13(17-16)9-4-6-12(15)7-5-9/h1-8,13,17H,16H2. The highest BCUT2D eigenvalue weighted by Gasteiger charge is 2.12. The molecule has 0 aromatic heterocycles. The van der Waals surface area contributed by atoms with Crippen LogP contribution in [-0.2, 0) is 0 Å². The van der Waals surface area contributed by atoms with Gasteiger partial charge in [-0.05, 0) is 58.0 Å². The van der Waals surface area contributed by atoms with E-state index < -0.39 is 0 Å². The normalized spacial score (nSPS) is 12.4. The van der Waals surface area contributed by atoms with Crippen LogP contribution in [0.15, 0.2) is 48.5 Å². The van der Waals surface area contributed by atoms with Gasteiger partial charge in [0.15, 0.2) is 0 Å². The molecule has 0 aliphatic rings. The smallest absolute Gasteiger partial charge is 0.0710 e. The minimum Gasteiger partial charge on any atom is -0.271 e. The van der Waals surface area contributed by atoms with Crippen molar-refractivity contribution in [2.24, 2.45) is 5.84 Å². The number of nitrogens with two attached hydrogens (primary N) is 1. The van der Waals surface area contributed by atoms with Gasteiger partial charge in [0.1, 0.15) is 0 Å². The Kier molecular flexibility index (Phi) is 4.39. The molecule has 0 spiro atoms. The van der Waals surface area contributed by atoms with Crippen molar-refractivity contribution in [2.75, 3.05) is 0 Å². The number of hydrogen-bond acceptors (Lipinski definition) is 2. The average Bonchev–Trinajstić information content (AvgIpc) is 2.33. The van der Waals surface area contributed by atoms with Gasteiger partial charge in [0, 0.05) is 8.59 Å². The van der Waals surface area contributed by atoms with Crippen LogP contribution < -0.4 is 11.3 Å². The van der Waals surface area contributed by atoms with E-state index >= 15 is 0 Å². The van der Waals surface area contributed by atoms with Crippen molar-refractivity contribution >= 4 is 34.2 Å². The Morgan fingerprint density at radius 2 is 1.76 bits per heavy atom. The minimum absolute atomic E-state index is 0.0364. The zero-order valence-corrected chi connectivity index (χ0v) is 11.9. The molecule has 88 valence electrons. The van der Waals surface area contributed by atoms with E-state index in [9.17, 15) is 0 Å². The fourth-order valence-electron chi connectivity index (χ4n) is 1.73. The molecule has 4 heteroatoms. The summed E-state index contributed by atoms with van der Waals surface area (Å²) in [7, 11) is 0. The molecule has 1 atom stereocenters. The van der Waals surface area contributed by atoms with E-state index in [0.29, 0.717) is 5.02 Å². The van der Waals surface area contributed by atoms with Crippen molar-refractivity contribution in [3.05, 3.63) is 68.3 Å². The maximum atomic E-state index is 5.99. The van der Waals surface area contributed by atoms with Crippen molar-refractivity contribution in [1.82, 2.24) is 5.43 Å². The number of rotatable bonds is 3. The molecular formula is C13H12ClIN2. The van der Waals surface area contributed by atoms with Crippen LogP contribution in [0.1, 0.15) is 17.2 Å². The molecule has 0 saturated carbocycles. The van der Waals surface area contributed by atoms with E-state index in [1.165, 1.54) is 3.57 Å². The van der Waals surface area contributed by atoms with E-state index in [1.54, 1.807) is 0 Å². The van der Waals surface area contributed by atoms with Gasteiger partial charge in [0.2, 0.25) is 0 Å². The Bertz CT molecular complexity index is 499. The molecule has 0 aliphatic heterocycles. The van der Waals surface area contributed by atoms with Crippen LogP contribution in [0.3, 0.4) is 0 Å². The molecule has 1 unspecified atom stereocenters. The van der Waals surface area contributed by atoms with E-state index in [0.717, 1.165) is 11.1 Å². The summed E-state index contributed by atoms with van der Waals surface area (Å²) in [5, 5.41) is 0.716. The first-order valence-corrected chi connectivity index (χ1v) is 6.63. The maximum absolute atomic E-state index is 5.99. The number of benzene rings is 2. The Balaban J connectivity index is 2.36. The van der Waals surface area contributed by atoms with Crippen LogP contribution in [0.2, 0.25) is 5.02 Å². The minimum atomic E-state index is -0.0364. The van der Waals surface area contributed by atoms with Crippen LogP contribution in [0, 0.1) is 3.57 Å². The monoisotopic (exact) mass is 358 g/mol. The molecule has 0 aliphatic carbocycles. The highest BCUT2D eigenvalue weighted by molar-refractivity contribution is 14.1. The lowest BCUT2D eigenvalue weighted by Gasteiger charge is -2.17. The SMILES string of the molecule is NNC(c1ccc(I)cc1)c1cccc(Cl)c1. The summed E-state index contributed by atoms with van der Waals surface area (Å²) in [4.78, 5) is 0. The van der Waals surface area contributed by atoms with Gasteiger partial charge >= 0.3 is 0 Å². The highest BCUT2D eigenvalue weighted by atomic mass is 127. The molecule has 2 aromatic rings. The Morgan fingerprint density at radius 1 is 1.06 bits per heavy atom. The van der Waals surface area contributed by atoms with Gasteiger partial charge < -0.3 is 0 Å². The van der Waals surface area contributed by atoms with Crippen LogP contribution in [0.25, 0.3) is 0 Å². The third kappa shape index (κ3) is 3.19. The average molecular weight is 359 g/mol. The quantitative estimate of drug-likeness (QED) is 0.501. The summed E-state index contributed by atoms with van der Waals surface area (Å²) in [5.74, 6) is 5.63. The summed E-state index contributed by atoms with van der Waals surface area (Å²) < 4.78 is 1.20. The molecule has 0 heterocycles. The van der Waals surface area contributed by atoms with Gasteiger partial charge in [-0.1, -0.05) is 35.9 Å². The zero-order chi connectivity index (χ0) is 12.3. The van der Waals surface area contributed by atoms with Gasteiger partial charge in [-0.25, -0.2) is 5.43 Å². The largest absolute Gasteiger partial charge is 0.271 e. The molecule has 0 fully saturated rings. The lowest BCUT2D eigenvalue weighted by Crippen LogP contribution is -2.28. The summed E-state index contributed by atoms with van der Waals surface area (Å²) in [6.45, 7) is 0. The fraction of sp³-hybridized carbons (Fsp3) is 0.0769. The molecule has 2 rings (SSSR count). The van der Waals surface area contributed by atoms with Crippen LogP contribution in [-0.4, -0.2) is 0 Å². The van der Waals surface area contributed by atoms with E-state index in [2.05, 4.69) is 52.3 Å². The van der Waals surface area contributed by atoms with E-state index in [-0.39, 0.29) is 6.04 Å². The van der Waals surface area contributed by atoms with E-state index in [1.807, 2.05) is 24.3 Å². The third-order valence-corrected chi connectivity index (χ3v) is 3.51. The third-order valence-electron chi connectivity index (χ3n) is 2.55. The number of hydrazine groups is 1. The van der Waals surface area contributed by atoms with Crippen molar-refractivity contribution in [1.29, 1.82) is 0 Å². The molecule has 2 nitrogen and oxygen atoms in total. The second-order valence-corrected chi connectivity index (χ2v) is 5.39. The van der Waals surface area contributed by atoms with Crippen LogP contribution in [0.4, 0.5) is 0 Å². The molecule has 17 heavy (non-hydrogen) atoms. The molecule has 0 radical (unpaired) electrons. The topological polar surface area (TPSA) is 38.0 Å². The van der Waals surface area contributed by atoms with Gasteiger partial charge in [-0.3, -0.25) is 5.84 Å². The summed E-state index contributed by atoms with van der Waals surface area (Å²) in [5.41, 5.74) is 5.00. The summed E-state index contributed by atoms with van der Waals surface area (Å²) in [6, 6.07) is 15.9. The Labute approximate surface area is 119 Å². The zero-order valence-electron chi connectivity index (χ0n) is 9.03. The van der Waals surface area contributed by atoms with Crippen molar-refractivity contribution in [3.63, 3.8) is 0 Å². The maximum Gasteiger partial charge on any atom is 0.0710 e. The first-order valence-electron chi connectivity index (χ1n) is 5.18. The molecule has 0 amide bonds. The highest BCUT2D eigenvalue weighted by Crippen LogP contribution is 2.24. The van der Waals surface area contributed by atoms with Gasteiger partial charge in [0.25, 0.3) is 0 Å². The van der Waals surface area contributed by atoms with Crippen LogP contribution >= 0.6 is 34.2 Å². The van der Waals surface area contributed by atoms with Crippen molar-refractivity contribution in [2.45, 2.75) is 6.04 Å². The Morgan fingerprint density at radius 3 is 2.35 bits per heavy atom. The number of nitrogens with one attached hydrogen (secondary N) is 1. The number of halogens is 2. The van der Waals surface area contributed by atoms with Crippen LogP contribution in [0.5, 0.6) is 0 Å². The Hall–Kier alpha value is -0.620. The number of hydrogen-bond donors (Lipinski definition) is 2. The molecule has 3 N–H and O–H groups in total. The van der Waals surface area contributed by atoms with E-state index in [4.69, 9.17) is 17.4 Å². The molecule has 0 saturated heterocycles.